The van der Waals surface area contributed by atoms with E-state index < -0.39 is 0 Å². The Hall–Kier alpha value is -2.51. The summed E-state index contributed by atoms with van der Waals surface area (Å²) in [5.41, 5.74) is 3.06. The fourth-order valence-corrected chi connectivity index (χ4v) is 5.35. The second kappa shape index (κ2) is 8.47. The fourth-order valence-electron chi connectivity index (χ4n) is 3.37. The Balaban J connectivity index is 1.48. The molecule has 0 aliphatic carbocycles. The molecule has 4 rings (SSSR count). The molecule has 0 atom stereocenters. The quantitative estimate of drug-likeness (QED) is 0.380. The second-order valence-electron chi connectivity index (χ2n) is 6.75. The van der Waals surface area contributed by atoms with Gasteiger partial charge in [-0.05, 0) is 44.4 Å². The summed E-state index contributed by atoms with van der Waals surface area (Å²) in [6.45, 7) is 7.38. The number of rotatable bonds is 7. The lowest BCUT2D eigenvalue weighted by Gasteiger charge is -2.07. The van der Waals surface area contributed by atoms with Gasteiger partial charge in [-0.1, -0.05) is 6.07 Å². The van der Waals surface area contributed by atoms with E-state index in [0.717, 1.165) is 49.8 Å². The van der Waals surface area contributed by atoms with Gasteiger partial charge in [0.2, 0.25) is 0 Å². The van der Waals surface area contributed by atoms with Crippen LogP contribution in [0.4, 0.5) is 10.2 Å². The monoisotopic (exact) mass is 427 g/mol. The number of aromatic nitrogens is 2. The maximum Gasteiger partial charge on any atom is 0.132 e. The molecule has 0 bridgehead atoms. The molecule has 1 aromatic carbocycles. The Morgan fingerprint density at radius 2 is 2.03 bits per heavy atom. The largest absolute Gasteiger partial charge is 0.493 e. The predicted molar refractivity (Wildman–Crippen MR) is 120 cm³/mol. The number of anilines is 1. The summed E-state index contributed by atoms with van der Waals surface area (Å²) in [4.78, 5) is 10.9. The van der Waals surface area contributed by atoms with Gasteiger partial charge < -0.3 is 10.1 Å². The van der Waals surface area contributed by atoms with Crippen molar-refractivity contribution >= 4 is 38.6 Å². The van der Waals surface area contributed by atoms with E-state index in [2.05, 4.69) is 22.2 Å². The maximum atomic E-state index is 14.4. The minimum absolute atomic E-state index is 0.142. The topological polar surface area (TPSA) is 47.0 Å². The van der Waals surface area contributed by atoms with Gasteiger partial charge in [-0.25, -0.2) is 14.4 Å². The van der Waals surface area contributed by atoms with Crippen molar-refractivity contribution in [1.82, 2.24) is 9.97 Å². The van der Waals surface area contributed by atoms with Gasteiger partial charge in [-0.15, -0.1) is 22.7 Å². The molecule has 29 heavy (non-hydrogen) atoms. The Labute approximate surface area is 177 Å². The van der Waals surface area contributed by atoms with E-state index in [1.54, 1.807) is 35.1 Å². The van der Waals surface area contributed by atoms with Crippen LogP contribution < -0.4 is 10.1 Å². The van der Waals surface area contributed by atoms with Crippen LogP contribution in [0, 0.1) is 19.7 Å². The molecule has 4 aromatic rings. The van der Waals surface area contributed by atoms with Crippen LogP contribution in [0.25, 0.3) is 20.7 Å². The molecular formula is C22H22FN3OS2. The smallest absolute Gasteiger partial charge is 0.132 e. The molecule has 0 radical (unpaired) electrons. The number of hydrogen-bond acceptors (Lipinski definition) is 6. The summed E-state index contributed by atoms with van der Waals surface area (Å²) in [6.07, 6.45) is 2.30. The van der Waals surface area contributed by atoms with Crippen molar-refractivity contribution in [2.45, 2.75) is 27.2 Å². The van der Waals surface area contributed by atoms with E-state index in [1.807, 2.05) is 37.4 Å². The normalized spacial score (nSPS) is 11.2. The van der Waals surface area contributed by atoms with Crippen LogP contribution in [-0.2, 0) is 6.42 Å². The van der Waals surface area contributed by atoms with Crippen molar-refractivity contribution < 1.29 is 9.13 Å². The van der Waals surface area contributed by atoms with E-state index in [-0.39, 0.29) is 5.82 Å². The summed E-state index contributed by atoms with van der Waals surface area (Å²) in [7, 11) is 0. The average Bonchev–Trinajstić information content (AvgIpc) is 3.31. The molecule has 150 valence electrons. The fraction of sp³-hybridized carbons (Fsp3) is 0.273. The van der Waals surface area contributed by atoms with Gasteiger partial charge in [0.15, 0.2) is 0 Å². The molecule has 1 N–H and O–H groups in total. The van der Waals surface area contributed by atoms with Crippen molar-refractivity contribution in [3.8, 4) is 16.3 Å². The molecule has 0 fully saturated rings. The first-order chi connectivity index (χ1) is 14.1. The van der Waals surface area contributed by atoms with E-state index in [1.165, 1.54) is 4.88 Å². The molecule has 0 saturated heterocycles. The molecule has 4 nitrogen and oxygen atoms in total. The predicted octanol–water partition coefficient (Wildman–Crippen LogP) is 6.23. The lowest BCUT2D eigenvalue weighted by Crippen LogP contribution is -2.07. The third kappa shape index (κ3) is 4.11. The summed E-state index contributed by atoms with van der Waals surface area (Å²) in [5, 5.41) is 6.10. The zero-order valence-corrected chi connectivity index (χ0v) is 18.2. The van der Waals surface area contributed by atoms with Crippen LogP contribution in [0.2, 0.25) is 0 Å². The van der Waals surface area contributed by atoms with Gasteiger partial charge in [-0.2, -0.15) is 0 Å². The minimum atomic E-state index is -0.142. The van der Waals surface area contributed by atoms with Gasteiger partial charge in [0.1, 0.15) is 23.7 Å². The molecule has 0 amide bonds. The van der Waals surface area contributed by atoms with Crippen molar-refractivity contribution in [2.24, 2.45) is 0 Å². The molecule has 7 heteroatoms. The number of thiophene rings is 2. The van der Waals surface area contributed by atoms with Gasteiger partial charge in [0, 0.05) is 39.0 Å². The molecule has 0 aliphatic heterocycles. The van der Waals surface area contributed by atoms with Crippen LogP contribution in [0.15, 0.2) is 36.0 Å². The van der Waals surface area contributed by atoms with Gasteiger partial charge in [-0.3, -0.25) is 0 Å². The number of ether oxygens (including phenoxy) is 1. The Morgan fingerprint density at radius 3 is 2.86 bits per heavy atom. The number of benzene rings is 1. The number of nitrogens with one attached hydrogen (secondary N) is 1. The molecule has 0 unspecified atom stereocenters. The van der Waals surface area contributed by atoms with E-state index >= 15 is 0 Å². The highest BCUT2D eigenvalue weighted by Crippen LogP contribution is 2.35. The van der Waals surface area contributed by atoms with Gasteiger partial charge >= 0.3 is 0 Å². The first kappa shape index (κ1) is 19.8. The molecular weight excluding hydrogens is 405 g/mol. The van der Waals surface area contributed by atoms with Crippen LogP contribution in [0.1, 0.15) is 22.9 Å². The molecule has 3 aromatic heterocycles. The highest BCUT2D eigenvalue weighted by atomic mass is 32.1. The highest BCUT2D eigenvalue weighted by molar-refractivity contribution is 7.19. The number of hydrogen-bond donors (Lipinski definition) is 1. The molecule has 0 spiro atoms. The standard InChI is InChI=1S/C22H22FN3OS2/c1-4-27-15-9-19(28-11-15)18-10-20(26-12-25-18)24-8-7-16-14(3)29-22-13(2)5-6-17(23)21(16)22/h5-6,9-12H,4,7-8H2,1-3H3,(H,24,25,26). The molecule has 0 saturated carbocycles. The van der Waals surface area contributed by atoms with Crippen LogP contribution in [0.3, 0.4) is 0 Å². The lowest BCUT2D eigenvalue weighted by atomic mass is 10.1. The summed E-state index contributed by atoms with van der Waals surface area (Å²) >= 11 is 3.26. The summed E-state index contributed by atoms with van der Waals surface area (Å²) in [5.74, 6) is 1.48. The maximum absolute atomic E-state index is 14.4. The summed E-state index contributed by atoms with van der Waals surface area (Å²) < 4.78 is 21.0. The highest BCUT2D eigenvalue weighted by Gasteiger charge is 2.15. The van der Waals surface area contributed by atoms with Crippen molar-refractivity contribution in [1.29, 1.82) is 0 Å². The van der Waals surface area contributed by atoms with Crippen LogP contribution >= 0.6 is 22.7 Å². The Kier molecular flexibility index (Phi) is 5.78. The van der Waals surface area contributed by atoms with Crippen LogP contribution in [0.5, 0.6) is 5.75 Å². The lowest BCUT2D eigenvalue weighted by molar-refractivity contribution is 0.342. The van der Waals surface area contributed by atoms with Crippen LogP contribution in [-0.4, -0.2) is 23.1 Å². The van der Waals surface area contributed by atoms with Crippen molar-refractivity contribution in [3.63, 3.8) is 0 Å². The molecule has 3 heterocycles. The number of halogens is 1. The van der Waals surface area contributed by atoms with E-state index in [9.17, 15) is 4.39 Å². The number of fused-ring (bicyclic) bond motifs is 1. The summed E-state index contributed by atoms with van der Waals surface area (Å²) in [6, 6.07) is 7.34. The zero-order chi connectivity index (χ0) is 20.4. The van der Waals surface area contributed by atoms with Gasteiger partial charge in [0.05, 0.1) is 17.2 Å². The second-order valence-corrected chi connectivity index (χ2v) is 8.89. The Bertz CT molecular complexity index is 1150. The van der Waals surface area contributed by atoms with E-state index in [4.69, 9.17) is 4.74 Å². The van der Waals surface area contributed by atoms with E-state index in [0.29, 0.717) is 13.2 Å². The molecule has 0 aliphatic rings. The first-order valence-electron chi connectivity index (χ1n) is 9.51. The van der Waals surface area contributed by atoms with Crippen molar-refractivity contribution in [3.05, 3.63) is 57.8 Å². The average molecular weight is 428 g/mol. The Morgan fingerprint density at radius 1 is 1.17 bits per heavy atom. The zero-order valence-electron chi connectivity index (χ0n) is 16.6. The van der Waals surface area contributed by atoms with Gasteiger partial charge in [0.25, 0.3) is 0 Å². The minimum Gasteiger partial charge on any atom is -0.493 e. The SMILES string of the molecule is CCOc1csc(-c2cc(NCCc3c(C)sc4c(C)ccc(F)c34)ncn2)c1. The number of aryl methyl sites for hydroxylation is 2. The number of nitrogens with zero attached hydrogens (tertiary/aromatic N) is 2. The van der Waals surface area contributed by atoms with Crippen molar-refractivity contribution in [2.75, 3.05) is 18.5 Å². The third-order valence-corrected chi connectivity index (χ3v) is 6.99. The first-order valence-corrected chi connectivity index (χ1v) is 11.2. The third-order valence-electron chi connectivity index (χ3n) is 4.77.